The van der Waals surface area contributed by atoms with E-state index in [0.29, 0.717) is 22.7 Å². The fourth-order valence-electron chi connectivity index (χ4n) is 5.51. The molecule has 4 aromatic carbocycles. The predicted molar refractivity (Wildman–Crippen MR) is 179 cm³/mol. The number of carbonyl (C=O) groups excluding carboxylic acids is 4. The minimum Gasteiger partial charge on any atom is -0.496 e. The number of nitrogens with one attached hydrogen (secondary N) is 2. The first kappa shape index (κ1) is 31.9. The average molecular weight is 672 g/mol. The van der Waals surface area contributed by atoms with Gasteiger partial charge in [0.2, 0.25) is 11.8 Å². The largest absolute Gasteiger partial charge is 0.496 e. The third-order valence-corrected chi connectivity index (χ3v) is 8.63. The third-order valence-electron chi connectivity index (χ3n) is 8.14. The van der Waals surface area contributed by atoms with Gasteiger partial charge in [0, 0.05) is 15.6 Å². The van der Waals surface area contributed by atoms with Gasteiger partial charge in [-0.15, -0.1) is 0 Å². The molecule has 5 rings (SSSR count). The molecule has 0 aliphatic carbocycles. The maximum absolute atomic E-state index is 14.4. The Bertz CT molecular complexity index is 1770. The summed E-state index contributed by atoms with van der Waals surface area (Å²) >= 11 is 3.54. The molecular weight excluding hydrogens is 636 g/mol. The van der Waals surface area contributed by atoms with Gasteiger partial charge < -0.3 is 25.2 Å². The van der Waals surface area contributed by atoms with Crippen molar-refractivity contribution in [2.45, 2.75) is 38.9 Å². The third kappa shape index (κ3) is 6.77. The maximum Gasteiger partial charge on any atom is 0.251 e. The number of Topliss-reactive ketones (excluding diaryl/α,β-unsaturated/α-hetero) is 1. The quantitative estimate of drug-likeness (QED) is 0.242. The number of ketones is 1. The van der Waals surface area contributed by atoms with Gasteiger partial charge in [-0.3, -0.25) is 19.2 Å². The molecule has 0 radical (unpaired) electrons. The van der Waals surface area contributed by atoms with E-state index in [-0.39, 0.29) is 43.0 Å². The van der Waals surface area contributed by atoms with Crippen molar-refractivity contribution in [3.8, 4) is 5.75 Å². The van der Waals surface area contributed by atoms with Crippen LogP contribution in [-0.2, 0) is 27.3 Å². The number of fused-ring (bicyclic) bond motifs is 2. The number of nitrogens with zero attached hydrogens (tertiary/aromatic N) is 2. The fraction of sp³-hybridized carbons (Fsp3) is 0.257. The average Bonchev–Trinajstić information content (AvgIpc) is 3.15. The van der Waals surface area contributed by atoms with E-state index in [0.717, 1.165) is 26.4 Å². The summed E-state index contributed by atoms with van der Waals surface area (Å²) in [4.78, 5) is 56.5. The molecule has 0 bridgehead atoms. The second kappa shape index (κ2) is 13.6. The number of para-hydroxylation sites is 2. The summed E-state index contributed by atoms with van der Waals surface area (Å²) in [5.74, 6) is -0.400. The van der Waals surface area contributed by atoms with Crippen molar-refractivity contribution in [1.29, 1.82) is 0 Å². The van der Waals surface area contributed by atoms with Gasteiger partial charge in [-0.05, 0) is 67.6 Å². The molecule has 232 valence electrons. The standard InChI is InChI=1S/C35H35BrN4O5/c1-21(37-3)34(43)38-29-20-39(33(42)17-23-9-11-24(12-10-23)22(2)41)30-7-5-6-8-31(30)40(35(29)44)19-28-27-15-14-26(36)18-25(27)13-16-32(28)45-4/h5-16,18,21,29,37H,17,19-20H2,1-4H3,(H,38,43)/t21?,29-/m0/s1. The van der Waals surface area contributed by atoms with Gasteiger partial charge in [-0.1, -0.05) is 64.5 Å². The molecule has 9 nitrogen and oxygen atoms in total. The molecule has 0 saturated heterocycles. The van der Waals surface area contributed by atoms with Gasteiger partial charge in [0.25, 0.3) is 5.91 Å². The normalized spacial score (nSPS) is 15.3. The van der Waals surface area contributed by atoms with Crippen molar-refractivity contribution >= 4 is 61.6 Å². The zero-order chi connectivity index (χ0) is 32.2. The molecule has 0 aromatic heterocycles. The number of rotatable bonds is 9. The van der Waals surface area contributed by atoms with Gasteiger partial charge in [0.1, 0.15) is 11.8 Å². The second-order valence-corrected chi connectivity index (χ2v) is 11.9. The molecule has 0 spiro atoms. The van der Waals surface area contributed by atoms with Crippen LogP contribution in [0.25, 0.3) is 10.8 Å². The number of amides is 3. The van der Waals surface area contributed by atoms with E-state index in [9.17, 15) is 19.2 Å². The number of ether oxygens (including phenoxy) is 1. The van der Waals surface area contributed by atoms with Crippen molar-refractivity contribution in [2.24, 2.45) is 0 Å². The van der Waals surface area contributed by atoms with Crippen LogP contribution in [0.4, 0.5) is 11.4 Å². The summed E-state index contributed by atoms with van der Waals surface area (Å²) in [6, 6.07) is 22.4. The molecule has 3 amide bonds. The lowest BCUT2D eigenvalue weighted by atomic mass is 10.0. The zero-order valence-electron chi connectivity index (χ0n) is 25.6. The number of anilines is 2. The number of halogens is 1. The Labute approximate surface area is 270 Å². The van der Waals surface area contributed by atoms with Crippen LogP contribution in [0.2, 0.25) is 0 Å². The minimum absolute atomic E-state index is 0.0420. The van der Waals surface area contributed by atoms with Crippen LogP contribution in [0, 0.1) is 0 Å². The Hall–Kier alpha value is -4.54. The molecule has 1 aliphatic rings. The minimum atomic E-state index is -1.03. The topological polar surface area (TPSA) is 108 Å². The molecular formula is C35H35BrN4O5. The highest BCUT2D eigenvalue weighted by molar-refractivity contribution is 9.10. The van der Waals surface area contributed by atoms with Crippen LogP contribution in [0.3, 0.4) is 0 Å². The zero-order valence-corrected chi connectivity index (χ0v) is 27.2. The lowest BCUT2D eigenvalue weighted by molar-refractivity contribution is -0.128. The first-order chi connectivity index (χ1) is 21.6. The van der Waals surface area contributed by atoms with Crippen LogP contribution in [-0.4, -0.2) is 56.3 Å². The lowest BCUT2D eigenvalue weighted by Gasteiger charge is -2.27. The molecule has 0 saturated carbocycles. The second-order valence-electron chi connectivity index (χ2n) is 11.0. The van der Waals surface area contributed by atoms with Gasteiger partial charge in [-0.25, -0.2) is 0 Å². The van der Waals surface area contributed by atoms with E-state index in [1.165, 1.54) is 6.92 Å². The Morgan fingerprint density at radius 2 is 1.71 bits per heavy atom. The summed E-state index contributed by atoms with van der Waals surface area (Å²) < 4.78 is 6.68. The highest BCUT2D eigenvalue weighted by atomic mass is 79.9. The van der Waals surface area contributed by atoms with Gasteiger partial charge in [0.15, 0.2) is 5.78 Å². The molecule has 2 atom stereocenters. The predicted octanol–water partition coefficient (Wildman–Crippen LogP) is 5.03. The summed E-state index contributed by atoms with van der Waals surface area (Å²) in [6.07, 6.45) is 0.0420. The molecule has 2 N–H and O–H groups in total. The van der Waals surface area contributed by atoms with Crippen LogP contribution in [0.1, 0.15) is 35.3 Å². The van der Waals surface area contributed by atoms with Gasteiger partial charge in [0.05, 0.1) is 44.0 Å². The van der Waals surface area contributed by atoms with Gasteiger partial charge >= 0.3 is 0 Å². The van der Waals surface area contributed by atoms with E-state index >= 15 is 0 Å². The molecule has 0 fully saturated rings. The van der Waals surface area contributed by atoms with Gasteiger partial charge in [-0.2, -0.15) is 0 Å². The molecule has 10 heteroatoms. The Kier molecular flexibility index (Phi) is 9.65. The Balaban J connectivity index is 1.59. The van der Waals surface area contributed by atoms with E-state index < -0.39 is 12.1 Å². The van der Waals surface area contributed by atoms with Crippen molar-refractivity contribution in [3.05, 3.63) is 100 Å². The monoisotopic (exact) mass is 670 g/mol. The number of hydrogen-bond donors (Lipinski definition) is 2. The number of carbonyl (C=O) groups is 4. The summed E-state index contributed by atoms with van der Waals surface area (Å²) in [7, 11) is 3.26. The molecule has 1 heterocycles. The van der Waals surface area contributed by atoms with Crippen LogP contribution >= 0.6 is 15.9 Å². The summed E-state index contributed by atoms with van der Waals surface area (Å²) in [5.41, 5.74) is 3.18. The first-order valence-electron chi connectivity index (χ1n) is 14.6. The maximum atomic E-state index is 14.4. The Morgan fingerprint density at radius 3 is 2.38 bits per heavy atom. The summed E-state index contributed by atoms with van der Waals surface area (Å²) in [6.45, 7) is 3.28. The SMILES string of the molecule is CNC(C)C(=O)N[C@H]1CN(C(=O)Cc2ccc(C(C)=O)cc2)c2ccccc2N(Cc2c(OC)ccc3cc(Br)ccc23)C1=O. The molecule has 1 unspecified atom stereocenters. The van der Waals surface area contributed by atoms with Crippen molar-refractivity contribution in [2.75, 3.05) is 30.5 Å². The number of likely N-dealkylation sites (N-methyl/N-ethyl adjacent to an activating group) is 1. The number of benzene rings is 4. The fourth-order valence-corrected chi connectivity index (χ4v) is 5.88. The Morgan fingerprint density at radius 1 is 1.00 bits per heavy atom. The van der Waals surface area contributed by atoms with Crippen LogP contribution < -0.4 is 25.2 Å². The molecule has 1 aliphatic heterocycles. The van der Waals surface area contributed by atoms with E-state index in [2.05, 4.69) is 26.6 Å². The lowest BCUT2D eigenvalue weighted by Crippen LogP contribution is -2.55. The van der Waals surface area contributed by atoms with Crippen molar-refractivity contribution in [1.82, 2.24) is 10.6 Å². The van der Waals surface area contributed by atoms with Crippen molar-refractivity contribution < 1.29 is 23.9 Å². The first-order valence-corrected chi connectivity index (χ1v) is 15.4. The van der Waals surface area contributed by atoms with E-state index in [1.54, 1.807) is 55.1 Å². The highest BCUT2D eigenvalue weighted by Gasteiger charge is 2.37. The summed E-state index contributed by atoms with van der Waals surface area (Å²) in [5, 5.41) is 7.68. The highest BCUT2D eigenvalue weighted by Crippen LogP contribution is 2.37. The van der Waals surface area contributed by atoms with Crippen LogP contribution in [0.5, 0.6) is 5.75 Å². The van der Waals surface area contributed by atoms with Crippen molar-refractivity contribution in [3.63, 3.8) is 0 Å². The van der Waals surface area contributed by atoms with E-state index in [4.69, 9.17) is 4.74 Å². The molecule has 45 heavy (non-hydrogen) atoms. The van der Waals surface area contributed by atoms with E-state index in [1.807, 2.05) is 54.6 Å². The number of hydrogen-bond acceptors (Lipinski definition) is 6. The smallest absolute Gasteiger partial charge is 0.251 e. The number of methoxy groups -OCH3 is 1. The van der Waals surface area contributed by atoms with Crippen LogP contribution in [0.15, 0.2) is 83.3 Å². The molecule has 4 aromatic rings.